The predicted molar refractivity (Wildman–Crippen MR) is 165 cm³/mol. The summed E-state index contributed by atoms with van der Waals surface area (Å²) in [6.45, 7) is 8.00. The fourth-order valence-electron chi connectivity index (χ4n) is 10.9. The minimum Gasteiger partial charge on any atom is -0.394 e. The van der Waals surface area contributed by atoms with Crippen LogP contribution in [0.1, 0.15) is 79.1 Å². The highest BCUT2D eigenvalue weighted by molar-refractivity contribution is 7.80. The quantitative estimate of drug-likeness (QED) is 0.134. The van der Waals surface area contributed by atoms with Gasteiger partial charge in [0.15, 0.2) is 12.1 Å². The second-order valence-electron chi connectivity index (χ2n) is 16.0. The van der Waals surface area contributed by atoms with E-state index in [4.69, 9.17) is 18.4 Å². The van der Waals surface area contributed by atoms with Crippen molar-refractivity contribution in [1.29, 1.82) is 0 Å². The molecule has 17 unspecified atom stereocenters. The fraction of sp³-hybridized carbons (Fsp3) is 0.939. The van der Waals surface area contributed by atoms with Gasteiger partial charge in [0.1, 0.15) is 24.4 Å². The highest BCUT2D eigenvalue weighted by Crippen LogP contribution is 2.70. The number of fused-ring (bicyclic) bond motifs is 7. The zero-order valence-corrected chi connectivity index (χ0v) is 28.5. The molecule has 47 heavy (non-hydrogen) atoms. The van der Waals surface area contributed by atoms with Crippen LogP contribution in [-0.4, -0.2) is 112 Å². The van der Waals surface area contributed by atoms with Crippen molar-refractivity contribution in [3.8, 4) is 0 Å². The molecule has 2 saturated heterocycles. The first-order valence-electron chi connectivity index (χ1n) is 17.3. The smallest absolute Gasteiger partial charge is 0.394 e. The first-order chi connectivity index (χ1) is 21.9. The Kier molecular flexibility index (Phi) is 9.81. The van der Waals surface area contributed by atoms with Crippen LogP contribution in [0.4, 0.5) is 0 Å². The van der Waals surface area contributed by atoms with Gasteiger partial charge in [-0.05, 0) is 73.5 Å². The monoisotopic (exact) mass is 690 g/mol. The third-order valence-corrected chi connectivity index (χ3v) is 13.9. The van der Waals surface area contributed by atoms with Crippen LogP contribution in [-0.2, 0) is 28.8 Å². The molecule has 0 aromatic rings. The molecule has 2 heterocycles. The Morgan fingerprint density at radius 1 is 1.09 bits per heavy atom. The topological polar surface area (TPSA) is 213 Å². The molecule has 14 heteroatoms. The van der Waals surface area contributed by atoms with Gasteiger partial charge in [0.25, 0.3) is 0 Å². The van der Waals surface area contributed by atoms with E-state index in [9.17, 15) is 43.6 Å². The lowest BCUT2D eigenvalue weighted by Gasteiger charge is -2.59. The van der Waals surface area contributed by atoms with Gasteiger partial charge in [-0.3, -0.25) is 4.55 Å². The van der Waals surface area contributed by atoms with Crippen molar-refractivity contribution in [3.63, 3.8) is 0 Å². The summed E-state index contributed by atoms with van der Waals surface area (Å²) in [5.41, 5.74) is 0.289. The maximum absolute atomic E-state index is 11.9. The molecule has 17 atom stereocenters. The van der Waals surface area contributed by atoms with Crippen molar-refractivity contribution in [2.75, 3.05) is 13.2 Å². The summed E-state index contributed by atoms with van der Waals surface area (Å²) < 4.78 is 56.3. The zero-order valence-electron chi connectivity index (χ0n) is 27.7. The molecule has 270 valence electrons. The normalized spacial score (nSPS) is 51.8. The van der Waals surface area contributed by atoms with Crippen molar-refractivity contribution in [2.24, 2.45) is 46.3 Å². The summed E-state index contributed by atoms with van der Waals surface area (Å²) in [7, 11) is -4.71. The van der Waals surface area contributed by atoms with E-state index in [1.54, 1.807) is 0 Å². The van der Waals surface area contributed by atoms with Crippen molar-refractivity contribution in [1.82, 2.24) is 0 Å². The van der Waals surface area contributed by atoms with Crippen LogP contribution in [0.25, 0.3) is 0 Å². The van der Waals surface area contributed by atoms with Gasteiger partial charge in [0, 0.05) is 24.2 Å². The van der Waals surface area contributed by atoms with Gasteiger partial charge in [-0.2, -0.15) is 8.42 Å². The second kappa shape index (κ2) is 12.8. The third-order valence-electron chi connectivity index (χ3n) is 13.5. The molecule has 4 aliphatic carbocycles. The maximum atomic E-state index is 11.9. The van der Waals surface area contributed by atoms with Gasteiger partial charge < -0.3 is 44.8 Å². The van der Waals surface area contributed by atoms with E-state index in [1.807, 2.05) is 13.8 Å². The third kappa shape index (κ3) is 6.16. The van der Waals surface area contributed by atoms with Crippen LogP contribution >= 0.6 is 0 Å². The highest BCUT2D eigenvalue weighted by atomic mass is 32.3. The number of hydrogen-bond acceptors (Lipinski definition) is 12. The van der Waals surface area contributed by atoms with E-state index in [1.165, 1.54) is 0 Å². The molecule has 0 aromatic heterocycles. The molecule has 13 nitrogen and oxygen atoms in total. The van der Waals surface area contributed by atoms with Crippen molar-refractivity contribution in [3.05, 3.63) is 11.6 Å². The summed E-state index contributed by atoms with van der Waals surface area (Å²) in [6.07, 6.45) is -1.31. The minimum atomic E-state index is -4.71. The molecule has 0 amide bonds. The molecular weight excluding hydrogens is 636 g/mol. The van der Waals surface area contributed by atoms with Gasteiger partial charge in [0.2, 0.25) is 0 Å². The lowest BCUT2D eigenvalue weighted by Crippen LogP contribution is -2.59. The van der Waals surface area contributed by atoms with E-state index in [0.717, 1.165) is 31.3 Å². The van der Waals surface area contributed by atoms with E-state index in [2.05, 4.69) is 19.9 Å². The number of hydrogen-bond donors (Lipinski definition) is 7. The van der Waals surface area contributed by atoms with Crippen LogP contribution in [0.3, 0.4) is 0 Å². The molecule has 7 N–H and O–H groups in total. The Labute approximate surface area is 277 Å². The molecule has 3 saturated carbocycles. The predicted octanol–water partition coefficient (Wildman–Crippen LogP) is 1.29. The molecule has 0 aromatic carbocycles. The van der Waals surface area contributed by atoms with Crippen LogP contribution in [0.15, 0.2) is 11.6 Å². The van der Waals surface area contributed by atoms with Crippen LogP contribution in [0.5, 0.6) is 0 Å². The summed E-state index contributed by atoms with van der Waals surface area (Å²) in [4.78, 5) is 0. The first-order valence-corrected chi connectivity index (χ1v) is 18.6. The van der Waals surface area contributed by atoms with Gasteiger partial charge >= 0.3 is 10.4 Å². The Morgan fingerprint density at radius 3 is 2.49 bits per heavy atom. The molecule has 0 radical (unpaired) electrons. The number of aliphatic hydroxyl groups is 6. The largest absolute Gasteiger partial charge is 0.397 e. The van der Waals surface area contributed by atoms with Gasteiger partial charge in [-0.1, -0.05) is 39.3 Å². The fourth-order valence-corrected chi connectivity index (χ4v) is 11.5. The van der Waals surface area contributed by atoms with Crippen LogP contribution in [0, 0.1) is 46.3 Å². The number of aliphatic hydroxyl groups excluding tert-OH is 5. The molecular formula is C33H54O13S. The Bertz CT molecular complexity index is 1290. The molecule has 5 fully saturated rings. The second-order valence-corrected chi connectivity index (χ2v) is 17.0. The SMILES string of the molecule is CC(CCC1(O)OC2CC3C4CC=C5CC(O)CC(OS(=O)(=O)O)C5(C)C4CCC3(C)C2C1C)COC1OC(CO)C(O)C(O)C1O. The highest BCUT2D eigenvalue weighted by Gasteiger charge is 2.68. The summed E-state index contributed by atoms with van der Waals surface area (Å²) in [5, 5.41) is 62.2. The van der Waals surface area contributed by atoms with E-state index < -0.39 is 71.1 Å². The van der Waals surface area contributed by atoms with Crippen molar-refractivity contribution < 1.29 is 62.0 Å². The summed E-state index contributed by atoms with van der Waals surface area (Å²) >= 11 is 0. The first kappa shape index (κ1) is 36.1. The lowest BCUT2D eigenvalue weighted by molar-refractivity contribution is -0.303. The number of allylic oxidation sites excluding steroid dienone is 1. The average Bonchev–Trinajstić information content (AvgIpc) is 3.43. The molecule has 0 bridgehead atoms. The van der Waals surface area contributed by atoms with Crippen molar-refractivity contribution >= 4 is 10.4 Å². The Morgan fingerprint density at radius 2 is 1.81 bits per heavy atom. The Hall–Kier alpha value is -0.750. The zero-order chi connectivity index (χ0) is 34.3. The molecule has 2 aliphatic heterocycles. The van der Waals surface area contributed by atoms with Gasteiger partial charge in [-0.15, -0.1) is 0 Å². The molecule has 0 spiro atoms. The van der Waals surface area contributed by atoms with Crippen LogP contribution < -0.4 is 0 Å². The van der Waals surface area contributed by atoms with Gasteiger partial charge in [-0.25, -0.2) is 4.18 Å². The van der Waals surface area contributed by atoms with Gasteiger partial charge in [0.05, 0.1) is 31.5 Å². The number of ether oxygens (including phenoxy) is 3. The standard InChI is InChI=1S/C33H54O13S/c1-16(15-43-30-29(38)28(37)27(36)24(14-34)44-30)7-10-33(39)17(2)26-23(45-33)13-22-20-6-5-18-11-19(35)12-25(46-47(40,41)42)32(18,4)21(20)8-9-31(22,26)3/h5,16-17,19-30,34-39H,6-15H2,1-4H3,(H,40,41,42). The summed E-state index contributed by atoms with van der Waals surface area (Å²) in [6, 6.07) is 0. The van der Waals surface area contributed by atoms with E-state index >= 15 is 0 Å². The van der Waals surface area contributed by atoms with Crippen LogP contribution in [0.2, 0.25) is 0 Å². The Balaban J connectivity index is 1.10. The van der Waals surface area contributed by atoms with E-state index in [-0.39, 0.29) is 54.1 Å². The van der Waals surface area contributed by atoms with E-state index in [0.29, 0.717) is 25.2 Å². The summed E-state index contributed by atoms with van der Waals surface area (Å²) in [5.74, 6) is -0.716. The molecule has 6 aliphatic rings. The number of rotatable bonds is 9. The average molecular weight is 691 g/mol. The van der Waals surface area contributed by atoms with Crippen molar-refractivity contribution in [2.45, 2.75) is 134 Å². The minimum absolute atomic E-state index is 0.0581. The lowest BCUT2D eigenvalue weighted by atomic mass is 9.46. The maximum Gasteiger partial charge on any atom is 0.397 e. The molecule has 6 rings (SSSR count).